The molecule has 0 atom stereocenters. The Morgan fingerprint density at radius 3 is 2.50 bits per heavy atom. The number of hydrogen-bond donors (Lipinski definition) is 1. The third-order valence-electron chi connectivity index (χ3n) is 2.02. The Bertz CT molecular complexity index is 266. The van der Waals surface area contributed by atoms with Crippen molar-refractivity contribution in [1.82, 2.24) is 9.78 Å². The first-order valence-electron chi connectivity index (χ1n) is 4.45. The van der Waals surface area contributed by atoms with Crippen molar-refractivity contribution in [2.45, 2.75) is 40.2 Å². The Labute approximate surface area is 73.0 Å². The van der Waals surface area contributed by atoms with Crippen LogP contribution >= 0.6 is 0 Å². The summed E-state index contributed by atoms with van der Waals surface area (Å²) in [7, 11) is 0. The molecule has 0 saturated heterocycles. The van der Waals surface area contributed by atoms with Gasteiger partial charge in [0.2, 0.25) is 5.88 Å². The highest BCUT2D eigenvalue weighted by molar-refractivity contribution is 5.29. The average Bonchev–Trinajstić information content (AvgIpc) is 2.32. The zero-order valence-electron chi connectivity index (χ0n) is 7.96. The maximum Gasteiger partial charge on any atom is 0.212 e. The van der Waals surface area contributed by atoms with Gasteiger partial charge in [-0.3, -0.25) is 0 Å². The van der Waals surface area contributed by atoms with E-state index in [1.165, 1.54) is 0 Å². The maximum atomic E-state index is 9.64. The van der Waals surface area contributed by atoms with E-state index < -0.39 is 0 Å². The average molecular weight is 168 g/mol. The minimum absolute atomic E-state index is 0.344. The van der Waals surface area contributed by atoms with E-state index in [2.05, 4.69) is 12.0 Å². The largest absolute Gasteiger partial charge is 0.493 e. The normalized spacial score (nSPS) is 10.6. The molecule has 0 aliphatic rings. The summed E-state index contributed by atoms with van der Waals surface area (Å²) in [4.78, 5) is 0. The molecule has 0 unspecified atom stereocenters. The summed E-state index contributed by atoms with van der Waals surface area (Å²) in [6.07, 6.45) is 1.96. The fourth-order valence-electron chi connectivity index (χ4n) is 1.37. The summed E-state index contributed by atoms with van der Waals surface area (Å²) in [5.74, 6) is 0.344. The van der Waals surface area contributed by atoms with Crippen LogP contribution in [-0.2, 0) is 13.0 Å². The summed E-state index contributed by atoms with van der Waals surface area (Å²) in [5, 5.41) is 13.9. The summed E-state index contributed by atoms with van der Waals surface area (Å²) < 4.78 is 1.64. The van der Waals surface area contributed by atoms with Crippen LogP contribution in [-0.4, -0.2) is 14.9 Å². The molecule has 1 rings (SSSR count). The summed E-state index contributed by atoms with van der Waals surface area (Å²) in [6, 6.07) is 0. The van der Waals surface area contributed by atoms with Crippen molar-refractivity contribution in [2.75, 3.05) is 0 Å². The van der Waals surface area contributed by atoms with E-state index in [0.29, 0.717) is 5.88 Å². The lowest BCUT2D eigenvalue weighted by Crippen LogP contribution is -1.95. The van der Waals surface area contributed by atoms with Crippen molar-refractivity contribution in [1.29, 1.82) is 0 Å². The van der Waals surface area contributed by atoms with Crippen LogP contribution in [0.15, 0.2) is 0 Å². The van der Waals surface area contributed by atoms with Gasteiger partial charge in [-0.25, -0.2) is 4.68 Å². The van der Waals surface area contributed by atoms with Gasteiger partial charge in [-0.1, -0.05) is 13.3 Å². The summed E-state index contributed by atoms with van der Waals surface area (Å²) >= 11 is 0. The van der Waals surface area contributed by atoms with Crippen LogP contribution in [0.3, 0.4) is 0 Å². The Hall–Kier alpha value is -0.990. The van der Waals surface area contributed by atoms with Gasteiger partial charge < -0.3 is 5.11 Å². The molecule has 3 nitrogen and oxygen atoms in total. The number of aromatic hydroxyl groups is 1. The molecule has 0 aromatic carbocycles. The van der Waals surface area contributed by atoms with E-state index in [0.717, 1.165) is 30.6 Å². The number of nitrogens with zero attached hydrogens (tertiary/aromatic N) is 2. The van der Waals surface area contributed by atoms with Gasteiger partial charge in [-0.2, -0.15) is 5.10 Å². The first-order valence-corrected chi connectivity index (χ1v) is 4.45. The van der Waals surface area contributed by atoms with Gasteiger partial charge in [-0.05, 0) is 20.3 Å². The molecule has 3 heteroatoms. The van der Waals surface area contributed by atoms with Crippen molar-refractivity contribution in [2.24, 2.45) is 0 Å². The van der Waals surface area contributed by atoms with E-state index in [-0.39, 0.29) is 0 Å². The monoisotopic (exact) mass is 168 g/mol. The van der Waals surface area contributed by atoms with Crippen LogP contribution < -0.4 is 0 Å². The number of rotatable bonds is 3. The molecule has 0 spiro atoms. The fraction of sp³-hybridized carbons (Fsp3) is 0.667. The van der Waals surface area contributed by atoms with Crippen molar-refractivity contribution in [3.63, 3.8) is 0 Å². The highest BCUT2D eigenvalue weighted by Crippen LogP contribution is 2.21. The first kappa shape index (κ1) is 9.10. The minimum atomic E-state index is 0.344. The van der Waals surface area contributed by atoms with Gasteiger partial charge in [0, 0.05) is 12.1 Å². The Balaban J connectivity index is 3.01. The van der Waals surface area contributed by atoms with Gasteiger partial charge in [0.15, 0.2) is 0 Å². The third-order valence-corrected chi connectivity index (χ3v) is 2.02. The van der Waals surface area contributed by atoms with E-state index >= 15 is 0 Å². The van der Waals surface area contributed by atoms with Gasteiger partial charge in [0.1, 0.15) is 0 Å². The van der Waals surface area contributed by atoms with Gasteiger partial charge >= 0.3 is 0 Å². The number of aromatic nitrogens is 2. The molecule has 0 aliphatic carbocycles. The van der Waals surface area contributed by atoms with Crippen molar-refractivity contribution in [3.8, 4) is 5.88 Å². The summed E-state index contributed by atoms with van der Waals surface area (Å²) in [6.45, 7) is 6.75. The first-order chi connectivity index (χ1) is 5.70. The van der Waals surface area contributed by atoms with Crippen LogP contribution in [0.2, 0.25) is 0 Å². The fourth-order valence-corrected chi connectivity index (χ4v) is 1.37. The topological polar surface area (TPSA) is 38.0 Å². The standard InChI is InChI=1S/C9H16N2O/c1-4-6-8-7(3)10-11(5-2)9(8)12/h12H,4-6H2,1-3H3. The molecule has 0 radical (unpaired) electrons. The molecule has 0 amide bonds. The lowest BCUT2D eigenvalue weighted by atomic mass is 10.1. The van der Waals surface area contributed by atoms with E-state index in [1.54, 1.807) is 4.68 Å². The van der Waals surface area contributed by atoms with Gasteiger partial charge in [0.05, 0.1) is 5.69 Å². The molecule has 1 aromatic heterocycles. The molecule has 68 valence electrons. The van der Waals surface area contributed by atoms with E-state index in [1.807, 2.05) is 13.8 Å². The second-order valence-electron chi connectivity index (χ2n) is 2.95. The molecule has 1 aromatic rings. The Kier molecular flexibility index (Phi) is 2.74. The number of aryl methyl sites for hydroxylation is 2. The van der Waals surface area contributed by atoms with Crippen LogP contribution in [0, 0.1) is 6.92 Å². The SMILES string of the molecule is CCCc1c(C)nn(CC)c1O. The zero-order chi connectivity index (χ0) is 9.14. The predicted octanol–water partition coefficient (Wildman–Crippen LogP) is 1.87. The molecular formula is C9H16N2O. The van der Waals surface area contributed by atoms with Crippen molar-refractivity contribution in [3.05, 3.63) is 11.3 Å². The second kappa shape index (κ2) is 3.61. The lowest BCUT2D eigenvalue weighted by Gasteiger charge is -1.98. The molecular weight excluding hydrogens is 152 g/mol. The van der Waals surface area contributed by atoms with Crippen LogP contribution in [0.4, 0.5) is 0 Å². The Morgan fingerprint density at radius 2 is 2.08 bits per heavy atom. The molecule has 12 heavy (non-hydrogen) atoms. The molecule has 0 aliphatic heterocycles. The molecule has 0 bridgehead atoms. The summed E-state index contributed by atoms with van der Waals surface area (Å²) in [5.41, 5.74) is 1.95. The van der Waals surface area contributed by atoms with Crippen LogP contribution in [0.1, 0.15) is 31.5 Å². The van der Waals surface area contributed by atoms with E-state index in [4.69, 9.17) is 0 Å². The lowest BCUT2D eigenvalue weighted by molar-refractivity contribution is 0.400. The van der Waals surface area contributed by atoms with Crippen molar-refractivity contribution >= 4 is 0 Å². The predicted molar refractivity (Wildman–Crippen MR) is 48.3 cm³/mol. The molecule has 1 heterocycles. The van der Waals surface area contributed by atoms with Gasteiger partial charge in [-0.15, -0.1) is 0 Å². The second-order valence-corrected chi connectivity index (χ2v) is 2.95. The number of hydrogen-bond acceptors (Lipinski definition) is 2. The van der Waals surface area contributed by atoms with E-state index in [9.17, 15) is 5.11 Å². The van der Waals surface area contributed by atoms with Gasteiger partial charge in [0.25, 0.3) is 0 Å². The highest BCUT2D eigenvalue weighted by Gasteiger charge is 2.11. The Morgan fingerprint density at radius 1 is 1.42 bits per heavy atom. The van der Waals surface area contributed by atoms with Crippen molar-refractivity contribution < 1.29 is 5.11 Å². The third kappa shape index (κ3) is 1.44. The maximum absolute atomic E-state index is 9.64. The molecule has 0 fully saturated rings. The molecule has 0 saturated carbocycles. The van der Waals surface area contributed by atoms with Crippen LogP contribution in [0.5, 0.6) is 5.88 Å². The molecule has 1 N–H and O–H groups in total. The minimum Gasteiger partial charge on any atom is -0.493 e. The smallest absolute Gasteiger partial charge is 0.212 e. The quantitative estimate of drug-likeness (QED) is 0.748. The van der Waals surface area contributed by atoms with Crippen LogP contribution in [0.25, 0.3) is 0 Å². The zero-order valence-corrected chi connectivity index (χ0v) is 7.96. The highest BCUT2D eigenvalue weighted by atomic mass is 16.3.